The molecule has 106 valence electrons. The summed E-state index contributed by atoms with van der Waals surface area (Å²) in [5.74, 6) is 0.133. The number of ether oxygens (including phenoxy) is 1. The zero-order valence-electron chi connectivity index (χ0n) is 10.4. The summed E-state index contributed by atoms with van der Waals surface area (Å²) < 4.78 is 45.1. The zero-order chi connectivity index (χ0) is 14.6. The number of hydrogen-bond acceptors (Lipinski definition) is 7. The van der Waals surface area contributed by atoms with E-state index in [9.17, 15) is 12.8 Å². The van der Waals surface area contributed by atoms with Crippen molar-refractivity contribution in [1.82, 2.24) is 15.0 Å². The predicted octanol–water partition coefficient (Wildman–Crippen LogP) is 0.925. The Morgan fingerprint density at radius 3 is 2.55 bits per heavy atom. The van der Waals surface area contributed by atoms with Crippen molar-refractivity contribution < 1.29 is 21.7 Å². The van der Waals surface area contributed by atoms with Gasteiger partial charge in [0.25, 0.3) is 5.16 Å². The lowest BCUT2D eigenvalue weighted by Gasteiger charge is -2.05. The van der Waals surface area contributed by atoms with Gasteiger partial charge < -0.3 is 4.74 Å². The predicted molar refractivity (Wildman–Crippen MR) is 64.8 cm³/mol. The van der Waals surface area contributed by atoms with Gasteiger partial charge in [-0.25, -0.2) is 14.4 Å². The van der Waals surface area contributed by atoms with Crippen LogP contribution in [-0.2, 0) is 20.9 Å². The molecule has 7 nitrogen and oxygen atoms in total. The average Bonchev–Trinajstić information content (AvgIpc) is 2.47. The Balaban J connectivity index is 2.11. The Labute approximate surface area is 114 Å². The standard InChI is InChI=1S/C11H10FN3O4S/c1-18-20(16,17)11-14-7-13-10(15-11)6-19-9-4-2-8(12)3-5-9/h2-5,7H,6H2,1H3. The number of halogens is 1. The van der Waals surface area contributed by atoms with E-state index in [1.165, 1.54) is 24.3 Å². The van der Waals surface area contributed by atoms with E-state index in [2.05, 4.69) is 19.1 Å². The van der Waals surface area contributed by atoms with Crippen LogP contribution in [-0.4, -0.2) is 30.5 Å². The van der Waals surface area contributed by atoms with Crippen molar-refractivity contribution in [2.24, 2.45) is 0 Å². The summed E-state index contributed by atoms with van der Waals surface area (Å²) in [5, 5.41) is -0.493. The van der Waals surface area contributed by atoms with Crippen molar-refractivity contribution in [2.75, 3.05) is 7.11 Å². The van der Waals surface area contributed by atoms with Gasteiger partial charge in [0.05, 0.1) is 7.11 Å². The summed E-state index contributed by atoms with van der Waals surface area (Å²) in [6.45, 7) is -0.0829. The molecule has 0 amide bonds. The van der Waals surface area contributed by atoms with Gasteiger partial charge in [-0.15, -0.1) is 0 Å². The Morgan fingerprint density at radius 1 is 1.20 bits per heavy atom. The lowest BCUT2D eigenvalue weighted by molar-refractivity contribution is 0.292. The molecule has 2 aromatic rings. The van der Waals surface area contributed by atoms with E-state index < -0.39 is 15.3 Å². The molecule has 0 radical (unpaired) electrons. The smallest absolute Gasteiger partial charge is 0.332 e. The third-order valence-corrected chi connectivity index (χ3v) is 3.31. The highest BCUT2D eigenvalue weighted by Gasteiger charge is 2.17. The number of hydrogen-bond donors (Lipinski definition) is 0. The molecule has 0 atom stereocenters. The van der Waals surface area contributed by atoms with Gasteiger partial charge in [-0.1, -0.05) is 0 Å². The van der Waals surface area contributed by atoms with E-state index in [4.69, 9.17) is 4.74 Å². The van der Waals surface area contributed by atoms with Crippen molar-refractivity contribution in [1.29, 1.82) is 0 Å². The van der Waals surface area contributed by atoms with Crippen molar-refractivity contribution >= 4 is 10.1 Å². The first-order chi connectivity index (χ1) is 9.51. The van der Waals surface area contributed by atoms with E-state index in [-0.39, 0.29) is 18.2 Å². The molecule has 1 aromatic heterocycles. The van der Waals surface area contributed by atoms with Gasteiger partial charge in [0.1, 0.15) is 24.5 Å². The van der Waals surface area contributed by atoms with E-state index in [0.717, 1.165) is 13.4 Å². The quantitative estimate of drug-likeness (QED) is 0.758. The minimum atomic E-state index is -3.98. The summed E-state index contributed by atoms with van der Waals surface area (Å²) in [5.41, 5.74) is 0. The van der Waals surface area contributed by atoms with Crippen molar-refractivity contribution in [3.05, 3.63) is 42.2 Å². The molecule has 1 aromatic carbocycles. The Hall–Kier alpha value is -2.13. The Kier molecular flexibility index (Phi) is 4.20. The summed E-state index contributed by atoms with van der Waals surface area (Å²) in [6, 6.07) is 5.35. The van der Waals surface area contributed by atoms with Gasteiger partial charge in [0, 0.05) is 0 Å². The van der Waals surface area contributed by atoms with Gasteiger partial charge in [-0.3, -0.25) is 4.18 Å². The molecule has 0 aliphatic rings. The first-order valence-electron chi connectivity index (χ1n) is 5.38. The van der Waals surface area contributed by atoms with Crippen LogP contribution >= 0.6 is 0 Å². The molecule has 0 bridgehead atoms. The molecular formula is C11H10FN3O4S. The van der Waals surface area contributed by atoms with Crippen molar-refractivity contribution in [3.63, 3.8) is 0 Å². The highest BCUT2D eigenvalue weighted by Crippen LogP contribution is 2.12. The largest absolute Gasteiger partial charge is 0.486 e. The molecule has 0 fully saturated rings. The van der Waals surface area contributed by atoms with Crippen LogP contribution in [0.5, 0.6) is 5.75 Å². The van der Waals surface area contributed by atoms with Crippen LogP contribution in [0, 0.1) is 5.82 Å². The molecular weight excluding hydrogens is 289 g/mol. The first-order valence-corrected chi connectivity index (χ1v) is 6.79. The number of aromatic nitrogens is 3. The van der Waals surface area contributed by atoms with Crippen LogP contribution in [0.2, 0.25) is 0 Å². The highest BCUT2D eigenvalue weighted by molar-refractivity contribution is 7.86. The third kappa shape index (κ3) is 3.45. The lowest BCUT2D eigenvalue weighted by atomic mass is 10.3. The van der Waals surface area contributed by atoms with Crippen LogP contribution in [0.25, 0.3) is 0 Å². The van der Waals surface area contributed by atoms with Gasteiger partial charge in [0.2, 0.25) is 0 Å². The fraction of sp³-hybridized carbons (Fsp3) is 0.182. The van der Waals surface area contributed by atoms with Gasteiger partial charge >= 0.3 is 10.1 Å². The van der Waals surface area contributed by atoms with Gasteiger partial charge in [0.15, 0.2) is 5.82 Å². The number of rotatable bonds is 5. The monoisotopic (exact) mass is 299 g/mol. The second-order valence-electron chi connectivity index (χ2n) is 3.55. The Morgan fingerprint density at radius 2 is 1.90 bits per heavy atom. The van der Waals surface area contributed by atoms with Gasteiger partial charge in [-0.2, -0.15) is 13.4 Å². The van der Waals surface area contributed by atoms with Crippen LogP contribution in [0.15, 0.2) is 35.7 Å². The fourth-order valence-corrected chi connectivity index (χ4v) is 1.80. The van der Waals surface area contributed by atoms with E-state index in [1.54, 1.807) is 0 Å². The van der Waals surface area contributed by atoms with Gasteiger partial charge in [-0.05, 0) is 24.3 Å². The molecule has 1 heterocycles. The molecule has 0 unspecified atom stereocenters. The molecule has 2 rings (SSSR count). The highest BCUT2D eigenvalue weighted by atomic mass is 32.2. The first kappa shape index (κ1) is 14.3. The van der Waals surface area contributed by atoms with Crippen molar-refractivity contribution in [3.8, 4) is 5.75 Å². The lowest BCUT2D eigenvalue weighted by Crippen LogP contribution is -2.12. The Bertz CT molecular complexity index is 691. The normalized spacial score (nSPS) is 11.3. The van der Waals surface area contributed by atoms with Crippen LogP contribution < -0.4 is 4.74 Å². The van der Waals surface area contributed by atoms with Crippen LogP contribution in [0.1, 0.15) is 5.82 Å². The van der Waals surface area contributed by atoms with Crippen molar-refractivity contribution in [2.45, 2.75) is 11.8 Å². The second-order valence-corrected chi connectivity index (χ2v) is 5.15. The molecule has 0 aliphatic carbocycles. The number of nitrogens with zero attached hydrogens (tertiary/aromatic N) is 3. The maximum atomic E-state index is 12.7. The molecule has 0 N–H and O–H groups in total. The van der Waals surface area contributed by atoms with Crippen LogP contribution in [0.3, 0.4) is 0 Å². The fourth-order valence-electron chi connectivity index (χ4n) is 1.26. The SMILES string of the molecule is COS(=O)(=O)c1ncnc(COc2ccc(F)cc2)n1. The molecule has 0 saturated carbocycles. The third-order valence-electron chi connectivity index (χ3n) is 2.22. The second kappa shape index (κ2) is 5.88. The minimum absolute atomic E-state index is 0.0829. The van der Waals surface area contributed by atoms with Crippen LogP contribution in [0.4, 0.5) is 4.39 Å². The molecule has 9 heteroatoms. The molecule has 0 saturated heterocycles. The summed E-state index contributed by atoms with van der Waals surface area (Å²) in [7, 11) is -2.97. The summed E-state index contributed by atoms with van der Waals surface area (Å²) >= 11 is 0. The van der Waals surface area contributed by atoms with E-state index in [1.807, 2.05) is 0 Å². The average molecular weight is 299 g/mol. The maximum Gasteiger partial charge on any atom is 0.332 e. The number of benzene rings is 1. The van der Waals surface area contributed by atoms with E-state index >= 15 is 0 Å². The molecule has 20 heavy (non-hydrogen) atoms. The topological polar surface area (TPSA) is 91.3 Å². The summed E-state index contributed by atoms with van der Waals surface area (Å²) in [4.78, 5) is 11.0. The maximum absolute atomic E-state index is 12.7. The summed E-state index contributed by atoms with van der Waals surface area (Å²) in [6.07, 6.45) is 1.04. The zero-order valence-corrected chi connectivity index (χ0v) is 11.2. The molecule has 0 aliphatic heterocycles. The molecule has 0 spiro atoms. The minimum Gasteiger partial charge on any atom is -0.486 e. The van der Waals surface area contributed by atoms with E-state index in [0.29, 0.717) is 5.75 Å².